The molecular formula is C14H16ClN3. The summed E-state index contributed by atoms with van der Waals surface area (Å²) in [4.78, 5) is 4.20. The van der Waals surface area contributed by atoms with Crippen LogP contribution in [-0.2, 0) is 0 Å². The first-order valence-corrected chi connectivity index (χ1v) is 6.23. The van der Waals surface area contributed by atoms with E-state index in [2.05, 4.69) is 30.2 Å². The summed E-state index contributed by atoms with van der Waals surface area (Å²) in [6.45, 7) is 4.30. The van der Waals surface area contributed by atoms with Gasteiger partial charge in [-0.3, -0.25) is 0 Å². The Morgan fingerprint density at radius 1 is 1.17 bits per heavy atom. The maximum Gasteiger partial charge on any atom is 0.155 e. The number of pyridine rings is 1. The van der Waals surface area contributed by atoms with Crippen molar-refractivity contribution in [1.82, 2.24) is 4.98 Å². The molecule has 3 N–H and O–H groups in total. The topological polar surface area (TPSA) is 50.9 Å². The summed E-state index contributed by atoms with van der Waals surface area (Å²) in [6, 6.07) is 11.5. The monoisotopic (exact) mass is 261 g/mol. The fourth-order valence-corrected chi connectivity index (χ4v) is 1.94. The van der Waals surface area contributed by atoms with Crippen molar-refractivity contribution in [1.29, 1.82) is 0 Å². The number of nitrogen functional groups attached to an aromatic ring is 1. The minimum absolute atomic E-state index is 0.425. The molecule has 0 bridgehead atoms. The van der Waals surface area contributed by atoms with Gasteiger partial charge in [-0.2, -0.15) is 0 Å². The van der Waals surface area contributed by atoms with E-state index in [1.807, 2.05) is 18.2 Å². The molecule has 0 aliphatic heterocycles. The summed E-state index contributed by atoms with van der Waals surface area (Å²) in [7, 11) is 0. The number of nitrogens with zero attached hydrogens (tertiary/aromatic N) is 1. The molecule has 0 spiro atoms. The third-order valence-electron chi connectivity index (χ3n) is 2.73. The highest BCUT2D eigenvalue weighted by Crippen LogP contribution is 2.28. The van der Waals surface area contributed by atoms with Crippen molar-refractivity contribution < 1.29 is 0 Å². The highest BCUT2D eigenvalue weighted by Gasteiger charge is 2.08. The van der Waals surface area contributed by atoms with Crippen LogP contribution in [0.5, 0.6) is 0 Å². The Morgan fingerprint density at radius 3 is 2.61 bits per heavy atom. The van der Waals surface area contributed by atoms with Crippen LogP contribution in [0.3, 0.4) is 0 Å². The van der Waals surface area contributed by atoms with Crippen LogP contribution in [0.25, 0.3) is 0 Å². The summed E-state index contributed by atoms with van der Waals surface area (Å²) in [6.07, 6.45) is 0. The van der Waals surface area contributed by atoms with E-state index in [1.54, 1.807) is 12.1 Å². The third-order valence-corrected chi connectivity index (χ3v) is 2.94. The van der Waals surface area contributed by atoms with Gasteiger partial charge >= 0.3 is 0 Å². The van der Waals surface area contributed by atoms with Crippen LogP contribution in [0.2, 0.25) is 5.15 Å². The average Bonchev–Trinajstić information content (AvgIpc) is 2.34. The number of halogens is 1. The van der Waals surface area contributed by atoms with Gasteiger partial charge < -0.3 is 11.1 Å². The Balaban J connectivity index is 2.37. The largest absolute Gasteiger partial charge is 0.396 e. The Kier molecular flexibility index (Phi) is 3.72. The maximum absolute atomic E-state index is 5.88. The third kappa shape index (κ3) is 2.74. The minimum Gasteiger partial charge on any atom is -0.396 e. The van der Waals surface area contributed by atoms with Gasteiger partial charge in [-0.25, -0.2) is 4.98 Å². The standard InChI is InChI=1S/C14H16ClN3/c1-9(2)10-5-3-4-6-12(10)17-14-11(16)7-8-13(15)18-14/h3-9H,16H2,1-2H3,(H,17,18). The molecule has 0 amide bonds. The van der Waals surface area contributed by atoms with Gasteiger partial charge in [0.05, 0.1) is 5.69 Å². The Labute approximate surface area is 112 Å². The normalized spacial score (nSPS) is 10.7. The average molecular weight is 262 g/mol. The SMILES string of the molecule is CC(C)c1ccccc1Nc1nc(Cl)ccc1N. The molecule has 0 unspecified atom stereocenters. The second-order valence-corrected chi connectivity index (χ2v) is 4.83. The van der Waals surface area contributed by atoms with E-state index in [9.17, 15) is 0 Å². The molecule has 18 heavy (non-hydrogen) atoms. The molecular weight excluding hydrogens is 246 g/mol. The lowest BCUT2D eigenvalue weighted by Gasteiger charge is -2.15. The summed E-state index contributed by atoms with van der Waals surface area (Å²) in [5.74, 6) is 1.02. The molecule has 1 aromatic carbocycles. The van der Waals surface area contributed by atoms with Crippen molar-refractivity contribution in [2.45, 2.75) is 19.8 Å². The predicted octanol–water partition coefficient (Wildman–Crippen LogP) is 4.18. The number of anilines is 3. The van der Waals surface area contributed by atoms with Crippen molar-refractivity contribution in [2.24, 2.45) is 0 Å². The van der Waals surface area contributed by atoms with Crippen molar-refractivity contribution in [2.75, 3.05) is 11.1 Å². The van der Waals surface area contributed by atoms with Crippen molar-refractivity contribution in [3.8, 4) is 0 Å². The molecule has 94 valence electrons. The molecule has 4 heteroatoms. The van der Waals surface area contributed by atoms with Crippen molar-refractivity contribution >= 4 is 28.8 Å². The number of para-hydroxylation sites is 1. The van der Waals surface area contributed by atoms with Crippen LogP contribution >= 0.6 is 11.6 Å². The minimum atomic E-state index is 0.425. The number of rotatable bonds is 3. The Morgan fingerprint density at radius 2 is 1.89 bits per heavy atom. The van der Waals surface area contributed by atoms with Gasteiger partial charge in [0.25, 0.3) is 0 Å². The first kappa shape index (κ1) is 12.7. The second kappa shape index (κ2) is 5.27. The molecule has 0 radical (unpaired) electrons. The van der Waals surface area contributed by atoms with Gasteiger partial charge in [0, 0.05) is 5.69 Å². The quantitative estimate of drug-likeness (QED) is 0.815. The molecule has 0 aliphatic carbocycles. The summed E-state index contributed by atoms with van der Waals surface area (Å²) < 4.78 is 0. The van der Waals surface area contributed by atoms with Gasteiger partial charge in [-0.05, 0) is 29.7 Å². The van der Waals surface area contributed by atoms with Gasteiger partial charge in [-0.1, -0.05) is 43.6 Å². The number of aromatic nitrogens is 1. The number of nitrogens with two attached hydrogens (primary N) is 1. The van der Waals surface area contributed by atoms with Crippen LogP contribution in [0.1, 0.15) is 25.3 Å². The van der Waals surface area contributed by atoms with Crippen molar-refractivity contribution in [3.63, 3.8) is 0 Å². The molecule has 1 heterocycles. The van der Waals surface area contributed by atoms with E-state index >= 15 is 0 Å². The Hall–Kier alpha value is -1.74. The zero-order valence-corrected chi connectivity index (χ0v) is 11.2. The fraction of sp³-hybridized carbons (Fsp3) is 0.214. The zero-order chi connectivity index (χ0) is 13.1. The molecule has 3 nitrogen and oxygen atoms in total. The van der Waals surface area contributed by atoms with Crippen molar-refractivity contribution in [3.05, 3.63) is 47.1 Å². The lowest BCUT2D eigenvalue weighted by atomic mass is 10.0. The van der Waals surface area contributed by atoms with Crippen LogP contribution < -0.4 is 11.1 Å². The van der Waals surface area contributed by atoms with Crippen LogP contribution in [0.15, 0.2) is 36.4 Å². The van der Waals surface area contributed by atoms with E-state index < -0.39 is 0 Å². The van der Waals surface area contributed by atoms with Gasteiger partial charge in [0.1, 0.15) is 5.15 Å². The zero-order valence-electron chi connectivity index (χ0n) is 10.4. The van der Waals surface area contributed by atoms with Crippen LogP contribution in [0.4, 0.5) is 17.2 Å². The first-order chi connectivity index (χ1) is 8.58. The lowest BCUT2D eigenvalue weighted by molar-refractivity contribution is 0.869. The summed E-state index contributed by atoms with van der Waals surface area (Å²) in [5, 5.41) is 3.67. The van der Waals surface area contributed by atoms with Gasteiger partial charge in [0.15, 0.2) is 5.82 Å². The lowest BCUT2D eigenvalue weighted by Crippen LogP contribution is -2.02. The number of benzene rings is 1. The molecule has 2 rings (SSSR count). The summed E-state index contributed by atoms with van der Waals surface area (Å²) in [5.41, 5.74) is 8.69. The van der Waals surface area contributed by atoms with E-state index in [0.29, 0.717) is 22.6 Å². The number of hydrogen-bond donors (Lipinski definition) is 2. The highest BCUT2D eigenvalue weighted by atomic mass is 35.5. The van der Waals surface area contributed by atoms with Gasteiger partial charge in [0.2, 0.25) is 0 Å². The molecule has 0 fully saturated rings. The molecule has 0 saturated heterocycles. The van der Waals surface area contributed by atoms with E-state index in [-0.39, 0.29) is 0 Å². The second-order valence-electron chi connectivity index (χ2n) is 4.44. The predicted molar refractivity (Wildman–Crippen MR) is 77.5 cm³/mol. The molecule has 1 aromatic heterocycles. The molecule has 0 saturated carbocycles. The van der Waals surface area contributed by atoms with Crippen LogP contribution in [-0.4, -0.2) is 4.98 Å². The molecule has 2 aromatic rings. The first-order valence-electron chi connectivity index (χ1n) is 5.86. The van der Waals surface area contributed by atoms with Gasteiger partial charge in [-0.15, -0.1) is 0 Å². The smallest absolute Gasteiger partial charge is 0.155 e. The van der Waals surface area contributed by atoms with Crippen LogP contribution in [0, 0.1) is 0 Å². The Bertz CT molecular complexity index is 552. The highest BCUT2D eigenvalue weighted by molar-refractivity contribution is 6.29. The summed E-state index contributed by atoms with van der Waals surface area (Å²) >= 11 is 5.88. The maximum atomic E-state index is 5.88. The number of hydrogen-bond acceptors (Lipinski definition) is 3. The van der Waals surface area contributed by atoms with E-state index in [4.69, 9.17) is 17.3 Å². The fourth-order valence-electron chi connectivity index (χ4n) is 1.79. The molecule has 0 aliphatic rings. The molecule has 0 atom stereocenters. The van der Waals surface area contributed by atoms with E-state index in [1.165, 1.54) is 5.56 Å². The van der Waals surface area contributed by atoms with E-state index in [0.717, 1.165) is 5.69 Å². The number of nitrogens with one attached hydrogen (secondary N) is 1.